The summed E-state index contributed by atoms with van der Waals surface area (Å²) in [4.78, 5) is 48.8. The van der Waals surface area contributed by atoms with Gasteiger partial charge in [-0.15, -0.1) is 0 Å². The maximum Gasteiger partial charge on any atom is 0.281 e. The van der Waals surface area contributed by atoms with E-state index in [4.69, 9.17) is 16.6 Å². The van der Waals surface area contributed by atoms with E-state index in [-0.39, 0.29) is 28.4 Å². The molecule has 1 aliphatic heterocycles. The first-order valence-corrected chi connectivity index (χ1v) is 14.8. The van der Waals surface area contributed by atoms with Crippen molar-refractivity contribution in [3.05, 3.63) is 74.6 Å². The van der Waals surface area contributed by atoms with Crippen LogP contribution >= 0.6 is 23.5 Å². The number of nitrogens with one attached hydrogen (secondary N) is 2. The van der Waals surface area contributed by atoms with Crippen molar-refractivity contribution in [2.24, 2.45) is 7.05 Å². The Kier molecular flexibility index (Phi) is 8.32. The number of anilines is 3. The Morgan fingerprint density at radius 2 is 1.71 bits per heavy atom. The summed E-state index contributed by atoms with van der Waals surface area (Å²) in [5, 5.41) is 4.16. The van der Waals surface area contributed by atoms with Gasteiger partial charge in [-0.2, -0.15) is 0 Å². The van der Waals surface area contributed by atoms with Crippen molar-refractivity contribution >= 4 is 57.9 Å². The number of benzene rings is 1. The number of hydrogen-bond acceptors (Lipinski definition) is 10. The van der Waals surface area contributed by atoms with Crippen molar-refractivity contribution in [2.45, 2.75) is 26.8 Å². The minimum absolute atomic E-state index is 0.111. The van der Waals surface area contributed by atoms with Gasteiger partial charge in [0.15, 0.2) is 5.69 Å². The third-order valence-electron chi connectivity index (χ3n) is 7.05. The van der Waals surface area contributed by atoms with Crippen molar-refractivity contribution in [1.29, 1.82) is 0 Å². The third kappa shape index (κ3) is 5.94. The van der Waals surface area contributed by atoms with E-state index < -0.39 is 0 Å². The summed E-state index contributed by atoms with van der Waals surface area (Å²) in [6.45, 7) is 8.65. The quantitative estimate of drug-likeness (QED) is 0.241. The van der Waals surface area contributed by atoms with E-state index in [1.807, 2.05) is 45.3 Å². The summed E-state index contributed by atoms with van der Waals surface area (Å²) in [6, 6.07) is 6.96. The fourth-order valence-electron chi connectivity index (χ4n) is 4.99. The van der Waals surface area contributed by atoms with Crippen LogP contribution in [-0.4, -0.2) is 62.8 Å². The molecule has 214 valence electrons. The molecule has 0 radical (unpaired) electrons. The first kappa shape index (κ1) is 28.6. The highest BCUT2D eigenvalue weighted by Gasteiger charge is 2.25. The van der Waals surface area contributed by atoms with Crippen LogP contribution in [0.3, 0.4) is 0 Å². The van der Waals surface area contributed by atoms with Crippen LogP contribution in [0, 0.1) is 13.8 Å². The Balaban J connectivity index is 1.48. The fourth-order valence-corrected chi connectivity index (χ4v) is 5.42. The lowest BCUT2D eigenvalue weighted by Gasteiger charge is -2.36. The minimum atomic E-state index is -0.353. The highest BCUT2D eigenvalue weighted by atomic mass is 35.5. The number of halogens is 1. The summed E-state index contributed by atoms with van der Waals surface area (Å²) < 4.78 is 4.32. The van der Waals surface area contributed by atoms with Gasteiger partial charge in [-0.3, -0.25) is 18.9 Å². The van der Waals surface area contributed by atoms with E-state index in [1.54, 1.807) is 30.0 Å². The molecular formula is C28H32ClN9O2S. The fraction of sp³-hybridized carbons (Fsp3) is 0.357. The average molecular weight is 594 g/mol. The summed E-state index contributed by atoms with van der Waals surface area (Å²) >= 11 is 7.28. The van der Waals surface area contributed by atoms with Crippen molar-refractivity contribution < 1.29 is 4.79 Å². The number of aromatic nitrogens is 5. The monoisotopic (exact) mass is 593 g/mol. The lowest BCUT2D eigenvalue weighted by Crippen LogP contribution is -2.48. The van der Waals surface area contributed by atoms with Gasteiger partial charge in [-0.05, 0) is 50.1 Å². The molecule has 4 aromatic rings. The van der Waals surface area contributed by atoms with Gasteiger partial charge in [0.05, 0.1) is 22.6 Å². The van der Waals surface area contributed by atoms with Gasteiger partial charge in [0, 0.05) is 57.4 Å². The van der Waals surface area contributed by atoms with Gasteiger partial charge in [-0.25, -0.2) is 19.9 Å². The van der Waals surface area contributed by atoms with Gasteiger partial charge >= 0.3 is 0 Å². The number of hydrogen-bond donors (Lipinski definition) is 2. The Hall–Kier alpha value is -3.90. The predicted molar refractivity (Wildman–Crippen MR) is 165 cm³/mol. The Morgan fingerprint density at radius 1 is 1.02 bits per heavy atom. The number of carbonyl (C=O) groups is 1. The van der Waals surface area contributed by atoms with Gasteiger partial charge in [0.25, 0.3) is 11.5 Å². The molecule has 1 aromatic carbocycles. The van der Waals surface area contributed by atoms with Gasteiger partial charge < -0.3 is 15.1 Å². The second-order valence-electron chi connectivity index (χ2n) is 10.1. The molecule has 1 saturated heterocycles. The van der Waals surface area contributed by atoms with Crippen LogP contribution in [0.2, 0.25) is 5.15 Å². The summed E-state index contributed by atoms with van der Waals surface area (Å²) in [7, 11) is 1.76. The number of amides is 1. The van der Waals surface area contributed by atoms with Gasteiger partial charge in [0.1, 0.15) is 5.15 Å². The molecule has 0 spiro atoms. The molecule has 1 aliphatic rings. The zero-order valence-corrected chi connectivity index (χ0v) is 25.2. The van der Waals surface area contributed by atoms with Crippen LogP contribution in [0.1, 0.15) is 40.1 Å². The number of piperazine rings is 1. The number of fused-ring (bicyclic) bond motifs is 1. The van der Waals surface area contributed by atoms with Crippen molar-refractivity contribution in [2.75, 3.05) is 47.6 Å². The second-order valence-corrected chi connectivity index (χ2v) is 11.1. The molecule has 0 saturated carbocycles. The second kappa shape index (κ2) is 11.9. The molecule has 1 fully saturated rings. The minimum Gasteiger partial charge on any atom is -0.377 e. The smallest absolute Gasteiger partial charge is 0.281 e. The van der Waals surface area contributed by atoms with Crippen LogP contribution in [-0.2, 0) is 7.05 Å². The maximum absolute atomic E-state index is 13.6. The molecule has 41 heavy (non-hydrogen) atoms. The lowest BCUT2D eigenvalue weighted by atomic mass is 10.0. The van der Waals surface area contributed by atoms with Crippen LogP contribution in [0.5, 0.6) is 0 Å². The summed E-state index contributed by atoms with van der Waals surface area (Å²) in [5.74, 6) is 0.960. The zero-order chi connectivity index (χ0) is 29.3. The average Bonchev–Trinajstić information content (AvgIpc) is 2.96. The van der Waals surface area contributed by atoms with E-state index in [9.17, 15) is 9.59 Å². The van der Waals surface area contributed by atoms with E-state index in [1.165, 1.54) is 11.9 Å². The highest BCUT2D eigenvalue weighted by Crippen LogP contribution is 2.29. The van der Waals surface area contributed by atoms with Crippen molar-refractivity contribution in [1.82, 2.24) is 29.2 Å². The highest BCUT2D eigenvalue weighted by molar-refractivity contribution is 7.97. The molecule has 13 heteroatoms. The number of pyridine rings is 1. The molecule has 3 aromatic heterocycles. The van der Waals surface area contributed by atoms with E-state index >= 15 is 0 Å². The summed E-state index contributed by atoms with van der Waals surface area (Å²) in [5.41, 5.74) is 4.03. The first-order chi connectivity index (χ1) is 19.7. The zero-order valence-electron chi connectivity index (χ0n) is 23.6. The number of carbonyl (C=O) groups excluding carboxylic acids is 1. The normalized spacial score (nSPS) is 14.3. The van der Waals surface area contributed by atoms with Gasteiger partial charge in [0.2, 0.25) is 11.9 Å². The lowest BCUT2D eigenvalue weighted by molar-refractivity contribution is 0.0980. The van der Waals surface area contributed by atoms with E-state index in [0.29, 0.717) is 54.7 Å². The SMILES string of the molecule is CSNC(=O)c1nc(Cl)ccc1NC(C)c1cc(C)cc2c(=O)n(C)c(N3CCN(c4ncc(C)cn4)CC3)nc12. The Labute approximate surface area is 247 Å². The van der Waals surface area contributed by atoms with Crippen LogP contribution in [0.25, 0.3) is 10.9 Å². The third-order valence-corrected chi connectivity index (χ3v) is 7.65. The number of aryl methyl sites for hydroxylation is 2. The number of rotatable bonds is 7. The molecule has 4 heterocycles. The van der Waals surface area contributed by atoms with E-state index in [0.717, 1.165) is 16.7 Å². The van der Waals surface area contributed by atoms with Crippen LogP contribution < -0.4 is 25.4 Å². The first-order valence-electron chi connectivity index (χ1n) is 13.2. The Bertz CT molecular complexity index is 1650. The molecule has 0 aliphatic carbocycles. The van der Waals surface area contributed by atoms with Crippen LogP contribution in [0.15, 0.2) is 41.5 Å². The molecule has 2 N–H and O–H groups in total. The molecule has 1 atom stereocenters. The molecule has 5 rings (SSSR count). The predicted octanol–water partition coefficient (Wildman–Crippen LogP) is 3.90. The molecule has 1 amide bonds. The Morgan fingerprint density at radius 3 is 2.39 bits per heavy atom. The standard InChI is InChI=1S/C28H32ClN9O2S/c1-16-12-19(18(3)32-21-6-7-22(29)33-24(21)25(39)35-41-5)23-20(13-16)26(40)36(4)28(34-23)38-10-8-37(9-11-38)27-30-14-17(2)15-31-27/h6-7,12-15,18,32H,8-11H2,1-5H3,(H,35,39). The molecule has 11 nitrogen and oxygen atoms in total. The molecule has 0 bridgehead atoms. The summed E-state index contributed by atoms with van der Waals surface area (Å²) in [6.07, 6.45) is 5.40. The largest absolute Gasteiger partial charge is 0.377 e. The number of nitrogens with zero attached hydrogens (tertiary/aromatic N) is 7. The molecule has 1 unspecified atom stereocenters. The van der Waals surface area contributed by atoms with Crippen molar-refractivity contribution in [3.8, 4) is 0 Å². The van der Waals surface area contributed by atoms with Crippen LogP contribution in [0.4, 0.5) is 17.6 Å². The van der Waals surface area contributed by atoms with Gasteiger partial charge in [-0.1, -0.05) is 29.6 Å². The van der Waals surface area contributed by atoms with Crippen molar-refractivity contribution in [3.63, 3.8) is 0 Å². The maximum atomic E-state index is 13.6. The topological polar surface area (TPSA) is 121 Å². The van der Waals surface area contributed by atoms with E-state index in [2.05, 4.69) is 34.8 Å². The molecular weight excluding hydrogens is 562 g/mol.